The van der Waals surface area contributed by atoms with Crippen LogP contribution in [0.4, 0.5) is 5.69 Å². The smallest absolute Gasteiger partial charge is 0.269 e. The first-order valence-electron chi connectivity index (χ1n) is 9.48. The lowest BCUT2D eigenvalue weighted by molar-refractivity contribution is -0.384. The van der Waals surface area contributed by atoms with Crippen molar-refractivity contribution in [2.24, 2.45) is 0 Å². The molecule has 9 nitrogen and oxygen atoms in total. The Hall–Kier alpha value is -3.05. The Labute approximate surface area is 185 Å². The molecule has 0 unspecified atom stereocenters. The second kappa shape index (κ2) is 8.23. The normalized spacial score (nSPS) is 11.5. The van der Waals surface area contributed by atoms with Crippen LogP contribution in [-0.4, -0.2) is 24.6 Å². The highest BCUT2D eigenvalue weighted by Crippen LogP contribution is 2.30. The van der Waals surface area contributed by atoms with E-state index in [0.29, 0.717) is 33.6 Å². The van der Waals surface area contributed by atoms with Crippen molar-refractivity contribution < 1.29 is 9.45 Å². The number of thioether (sulfide) groups is 1. The molecule has 0 saturated carbocycles. The van der Waals surface area contributed by atoms with Gasteiger partial charge in [-0.15, -0.1) is 11.3 Å². The minimum Gasteiger partial charge on any atom is -0.338 e. The molecule has 0 aliphatic heterocycles. The van der Waals surface area contributed by atoms with E-state index in [1.807, 2.05) is 27.7 Å². The summed E-state index contributed by atoms with van der Waals surface area (Å²) in [6, 6.07) is 5.89. The third-order valence-corrected chi connectivity index (χ3v) is 6.89. The molecular weight excluding hydrogens is 438 g/mol. The maximum absolute atomic E-state index is 13.1. The van der Waals surface area contributed by atoms with Crippen LogP contribution in [0.2, 0.25) is 0 Å². The molecule has 4 aromatic rings. The maximum atomic E-state index is 13.1. The number of benzene rings is 1. The molecule has 3 heterocycles. The molecule has 1 aromatic carbocycles. The second-order valence-corrected chi connectivity index (χ2v) is 9.38. The SMILES string of the molecule is Cc1sc2nc(SCc3nc(-c4ccc([N+](=O)[O-])cc4)no3)n(C(C)C)c(=O)c2c1C. The molecule has 4 rings (SSSR count). The maximum Gasteiger partial charge on any atom is 0.269 e. The molecule has 0 N–H and O–H groups in total. The fourth-order valence-corrected chi connectivity index (χ4v) is 5.17. The number of hydrogen-bond donors (Lipinski definition) is 0. The molecule has 0 radical (unpaired) electrons. The number of hydrogen-bond acceptors (Lipinski definition) is 9. The third kappa shape index (κ3) is 3.98. The Kier molecular flexibility index (Phi) is 5.63. The van der Waals surface area contributed by atoms with Crippen LogP contribution in [0.1, 0.15) is 36.2 Å². The van der Waals surface area contributed by atoms with Crippen LogP contribution in [0.25, 0.3) is 21.6 Å². The third-order valence-electron chi connectivity index (χ3n) is 4.85. The molecule has 11 heteroatoms. The van der Waals surface area contributed by atoms with Crippen LogP contribution >= 0.6 is 23.1 Å². The lowest BCUT2D eigenvalue weighted by Crippen LogP contribution is -2.24. The Morgan fingerprint density at radius 3 is 2.58 bits per heavy atom. The first-order chi connectivity index (χ1) is 14.8. The average molecular weight is 458 g/mol. The Morgan fingerprint density at radius 2 is 1.94 bits per heavy atom. The van der Waals surface area contributed by atoms with Gasteiger partial charge in [0.15, 0.2) is 5.16 Å². The van der Waals surface area contributed by atoms with E-state index in [0.717, 1.165) is 15.3 Å². The molecule has 0 aliphatic carbocycles. The molecule has 31 heavy (non-hydrogen) atoms. The van der Waals surface area contributed by atoms with Gasteiger partial charge in [0.2, 0.25) is 11.7 Å². The molecule has 0 aliphatic rings. The van der Waals surface area contributed by atoms with Crippen molar-refractivity contribution in [1.82, 2.24) is 19.7 Å². The minimum absolute atomic E-state index is 0.00445. The van der Waals surface area contributed by atoms with E-state index >= 15 is 0 Å². The number of nitrogens with zero attached hydrogens (tertiary/aromatic N) is 5. The Morgan fingerprint density at radius 1 is 1.23 bits per heavy atom. The van der Waals surface area contributed by atoms with Gasteiger partial charge in [0.25, 0.3) is 11.2 Å². The first-order valence-corrected chi connectivity index (χ1v) is 11.3. The molecular formula is C20H19N5O4S2. The van der Waals surface area contributed by atoms with Crippen LogP contribution in [0, 0.1) is 24.0 Å². The van der Waals surface area contributed by atoms with Gasteiger partial charge in [-0.2, -0.15) is 4.98 Å². The standard InChI is InChI=1S/C20H19N5O4S2/c1-10(2)24-19(26)16-11(3)12(4)31-18(16)22-20(24)30-9-15-21-17(23-29-15)13-5-7-14(8-6-13)25(27)28/h5-8,10H,9H2,1-4H3. The number of thiophene rings is 1. The zero-order valence-electron chi connectivity index (χ0n) is 17.3. The van der Waals surface area contributed by atoms with E-state index in [4.69, 9.17) is 9.51 Å². The summed E-state index contributed by atoms with van der Waals surface area (Å²) in [4.78, 5) is 34.4. The van der Waals surface area contributed by atoms with E-state index in [-0.39, 0.29) is 17.3 Å². The topological polar surface area (TPSA) is 117 Å². The highest BCUT2D eigenvalue weighted by molar-refractivity contribution is 7.98. The van der Waals surface area contributed by atoms with E-state index in [1.165, 1.54) is 35.2 Å². The summed E-state index contributed by atoms with van der Waals surface area (Å²) < 4.78 is 7.03. The fraction of sp³-hybridized carbons (Fsp3) is 0.300. The summed E-state index contributed by atoms with van der Waals surface area (Å²) in [6.45, 7) is 7.85. The van der Waals surface area contributed by atoms with Crippen molar-refractivity contribution in [2.45, 2.75) is 44.6 Å². The Balaban J connectivity index is 1.60. The van der Waals surface area contributed by atoms with Crippen molar-refractivity contribution in [3.63, 3.8) is 0 Å². The van der Waals surface area contributed by atoms with E-state index in [9.17, 15) is 14.9 Å². The van der Waals surface area contributed by atoms with Crippen molar-refractivity contribution >= 4 is 39.0 Å². The number of aromatic nitrogens is 4. The van der Waals surface area contributed by atoms with Crippen molar-refractivity contribution in [3.05, 3.63) is 61.1 Å². The number of non-ortho nitro benzene ring substituents is 1. The molecule has 0 bridgehead atoms. The zero-order valence-corrected chi connectivity index (χ0v) is 18.9. The fourth-order valence-electron chi connectivity index (χ4n) is 3.13. The minimum atomic E-state index is -0.462. The molecule has 3 aromatic heterocycles. The van der Waals surface area contributed by atoms with E-state index in [1.54, 1.807) is 16.7 Å². The number of aryl methyl sites for hydroxylation is 2. The van der Waals surface area contributed by atoms with Crippen LogP contribution in [0.3, 0.4) is 0 Å². The lowest BCUT2D eigenvalue weighted by Gasteiger charge is -2.14. The number of rotatable bonds is 6. The first kappa shape index (κ1) is 21.2. The molecule has 0 spiro atoms. The van der Waals surface area contributed by atoms with Gasteiger partial charge in [-0.3, -0.25) is 19.5 Å². The summed E-state index contributed by atoms with van der Waals surface area (Å²) in [5, 5.41) is 16.0. The summed E-state index contributed by atoms with van der Waals surface area (Å²) >= 11 is 2.88. The van der Waals surface area contributed by atoms with Gasteiger partial charge >= 0.3 is 0 Å². The number of nitro benzene ring substituents is 1. The van der Waals surface area contributed by atoms with Crippen molar-refractivity contribution in [3.8, 4) is 11.4 Å². The van der Waals surface area contributed by atoms with E-state index in [2.05, 4.69) is 10.1 Å². The highest BCUT2D eigenvalue weighted by Gasteiger charge is 2.19. The van der Waals surface area contributed by atoms with Gasteiger partial charge in [-0.05, 0) is 45.4 Å². The molecule has 0 fully saturated rings. The van der Waals surface area contributed by atoms with Gasteiger partial charge in [-0.25, -0.2) is 4.98 Å². The summed E-state index contributed by atoms with van der Waals surface area (Å²) in [6.07, 6.45) is 0. The lowest BCUT2D eigenvalue weighted by atomic mass is 10.2. The predicted octanol–water partition coefficient (Wildman–Crippen LogP) is 4.91. The van der Waals surface area contributed by atoms with Crippen molar-refractivity contribution in [1.29, 1.82) is 0 Å². The van der Waals surface area contributed by atoms with Gasteiger partial charge < -0.3 is 4.52 Å². The molecule has 0 saturated heterocycles. The van der Waals surface area contributed by atoms with Gasteiger partial charge in [-0.1, -0.05) is 16.9 Å². The summed E-state index contributed by atoms with van der Waals surface area (Å²) in [5.74, 6) is 1.06. The van der Waals surface area contributed by atoms with Crippen LogP contribution in [-0.2, 0) is 5.75 Å². The Bertz CT molecular complexity index is 1340. The molecule has 0 amide bonds. The average Bonchev–Trinajstić information content (AvgIpc) is 3.31. The highest BCUT2D eigenvalue weighted by atomic mass is 32.2. The largest absolute Gasteiger partial charge is 0.338 e. The van der Waals surface area contributed by atoms with Gasteiger partial charge in [0.1, 0.15) is 4.83 Å². The predicted molar refractivity (Wildman–Crippen MR) is 120 cm³/mol. The van der Waals surface area contributed by atoms with Crippen LogP contribution < -0.4 is 5.56 Å². The van der Waals surface area contributed by atoms with Gasteiger partial charge in [0, 0.05) is 28.6 Å². The summed E-state index contributed by atoms with van der Waals surface area (Å²) in [5.41, 5.74) is 1.55. The van der Waals surface area contributed by atoms with E-state index < -0.39 is 4.92 Å². The monoisotopic (exact) mass is 457 g/mol. The second-order valence-electron chi connectivity index (χ2n) is 7.23. The van der Waals surface area contributed by atoms with Crippen LogP contribution in [0.5, 0.6) is 0 Å². The number of nitro groups is 1. The summed E-state index contributed by atoms with van der Waals surface area (Å²) in [7, 11) is 0. The molecule has 0 atom stereocenters. The quantitative estimate of drug-likeness (QED) is 0.174. The molecule has 160 valence electrons. The number of fused-ring (bicyclic) bond motifs is 1. The van der Waals surface area contributed by atoms with Gasteiger partial charge in [0.05, 0.1) is 16.1 Å². The van der Waals surface area contributed by atoms with Crippen molar-refractivity contribution in [2.75, 3.05) is 0 Å². The van der Waals surface area contributed by atoms with Crippen LogP contribution in [0.15, 0.2) is 38.7 Å². The zero-order chi connectivity index (χ0) is 22.3.